The zero-order valence-corrected chi connectivity index (χ0v) is 14.8. The van der Waals surface area contributed by atoms with Gasteiger partial charge in [0, 0.05) is 56.4 Å². The Labute approximate surface area is 152 Å². The number of aromatic nitrogens is 5. The van der Waals surface area contributed by atoms with Crippen LogP contribution in [0, 0.1) is 0 Å². The van der Waals surface area contributed by atoms with Gasteiger partial charge in [-0.25, -0.2) is 4.98 Å². The van der Waals surface area contributed by atoms with Crippen molar-refractivity contribution < 1.29 is 0 Å². The lowest BCUT2D eigenvalue weighted by molar-refractivity contribution is 0.187. The summed E-state index contributed by atoms with van der Waals surface area (Å²) in [5, 5.41) is 4.76. The lowest BCUT2D eigenvalue weighted by Gasteiger charge is -2.37. The minimum absolute atomic E-state index is 0.638. The van der Waals surface area contributed by atoms with Crippen molar-refractivity contribution >= 4 is 11.7 Å². The van der Waals surface area contributed by atoms with E-state index in [0.717, 1.165) is 49.4 Å². The molecule has 0 N–H and O–H groups in total. The standard InChI is InChI=1S/C19H23N7/c1-2-6-16(5-1)24-10-12-25(13-11-24)19-22-18-21-9-7-17(26(18)23-19)15-4-3-8-20-14-15/h3-4,7-9,14,16H,1-2,5-6,10-13H2. The van der Waals surface area contributed by atoms with E-state index in [2.05, 4.69) is 24.8 Å². The SMILES string of the molecule is c1cncc(-c2ccnc3nc(N4CCN(C5CCCC5)CC4)nn23)c1. The summed E-state index contributed by atoms with van der Waals surface area (Å²) in [6.07, 6.45) is 10.9. The third-order valence-corrected chi connectivity index (χ3v) is 5.62. The van der Waals surface area contributed by atoms with Crippen LogP contribution in [0.3, 0.4) is 0 Å². The molecular weight excluding hydrogens is 326 g/mol. The molecule has 7 nitrogen and oxygen atoms in total. The number of rotatable bonds is 3. The first-order chi connectivity index (χ1) is 12.9. The third-order valence-electron chi connectivity index (χ3n) is 5.62. The van der Waals surface area contributed by atoms with Crippen LogP contribution >= 0.6 is 0 Å². The summed E-state index contributed by atoms with van der Waals surface area (Å²) in [5.41, 5.74) is 1.98. The second-order valence-electron chi connectivity index (χ2n) is 7.16. The molecule has 134 valence electrons. The average Bonchev–Trinajstić information content (AvgIpc) is 3.38. The Balaban J connectivity index is 1.39. The van der Waals surface area contributed by atoms with Crippen LogP contribution in [0.15, 0.2) is 36.8 Å². The largest absolute Gasteiger partial charge is 0.337 e. The van der Waals surface area contributed by atoms with E-state index in [4.69, 9.17) is 5.10 Å². The molecule has 4 heterocycles. The molecule has 0 radical (unpaired) electrons. The van der Waals surface area contributed by atoms with Gasteiger partial charge in [0.25, 0.3) is 5.78 Å². The first kappa shape index (κ1) is 15.7. The monoisotopic (exact) mass is 349 g/mol. The van der Waals surface area contributed by atoms with E-state index < -0.39 is 0 Å². The number of piperazine rings is 1. The molecule has 1 aliphatic heterocycles. The summed E-state index contributed by atoms with van der Waals surface area (Å²) in [6.45, 7) is 4.16. The van der Waals surface area contributed by atoms with Crippen LogP contribution in [0.4, 0.5) is 5.95 Å². The van der Waals surface area contributed by atoms with Crippen LogP contribution in [-0.2, 0) is 0 Å². The number of anilines is 1. The highest BCUT2D eigenvalue weighted by molar-refractivity contribution is 5.60. The Hall–Kier alpha value is -2.54. The normalized spacial score (nSPS) is 19.5. The van der Waals surface area contributed by atoms with E-state index in [1.54, 1.807) is 12.4 Å². The van der Waals surface area contributed by atoms with Gasteiger partial charge < -0.3 is 4.90 Å². The van der Waals surface area contributed by atoms with Crippen LogP contribution in [0.1, 0.15) is 25.7 Å². The van der Waals surface area contributed by atoms with E-state index in [-0.39, 0.29) is 0 Å². The Morgan fingerprint density at radius 3 is 2.58 bits per heavy atom. The van der Waals surface area contributed by atoms with Crippen molar-refractivity contribution in [3.63, 3.8) is 0 Å². The average molecular weight is 349 g/mol. The van der Waals surface area contributed by atoms with Gasteiger partial charge in [-0.05, 0) is 31.0 Å². The number of fused-ring (bicyclic) bond motifs is 1. The molecule has 2 fully saturated rings. The van der Waals surface area contributed by atoms with Crippen molar-refractivity contribution in [1.29, 1.82) is 0 Å². The number of hydrogen-bond donors (Lipinski definition) is 0. The Morgan fingerprint density at radius 1 is 0.962 bits per heavy atom. The second kappa shape index (κ2) is 6.64. The highest BCUT2D eigenvalue weighted by Crippen LogP contribution is 2.25. The molecule has 0 bridgehead atoms. The smallest absolute Gasteiger partial charge is 0.254 e. The maximum atomic E-state index is 4.76. The van der Waals surface area contributed by atoms with Crippen LogP contribution in [0.5, 0.6) is 0 Å². The maximum absolute atomic E-state index is 4.76. The molecule has 3 aromatic heterocycles. The third kappa shape index (κ3) is 2.82. The van der Waals surface area contributed by atoms with E-state index >= 15 is 0 Å². The first-order valence-electron chi connectivity index (χ1n) is 9.50. The molecule has 0 amide bonds. The summed E-state index contributed by atoms with van der Waals surface area (Å²) in [6, 6.07) is 6.72. The fourth-order valence-corrected chi connectivity index (χ4v) is 4.21. The molecular formula is C19H23N7. The van der Waals surface area contributed by atoms with Gasteiger partial charge in [-0.15, -0.1) is 5.10 Å². The van der Waals surface area contributed by atoms with Gasteiger partial charge in [0.2, 0.25) is 5.95 Å². The van der Waals surface area contributed by atoms with Gasteiger partial charge in [-0.2, -0.15) is 9.50 Å². The molecule has 2 aliphatic rings. The van der Waals surface area contributed by atoms with Crippen molar-refractivity contribution in [3.05, 3.63) is 36.8 Å². The van der Waals surface area contributed by atoms with Gasteiger partial charge in [0.1, 0.15) is 0 Å². The van der Waals surface area contributed by atoms with E-state index in [0.29, 0.717) is 5.78 Å². The Morgan fingerprint density at radius 2 is 1.81 bits per heavy atom. The lowest BCUT2D eigenvalue weighted by Crippen LogP contribution is -2.50. The lowest BCUT2D eigenvalue weighted by atomic mass is 10.2. The summed E-state index contributed by atoms with van der Waals surface area (Å²) in [5.74, 6) is 1.42. The van der Waals surface area contributed by atoms with Crippen molar-refractivity contribution in [2.75, 3.05) is 31.1 Å². The summed E-state index contributed by atoms with van der Waals surface area (Å²) in [4.78, 5) is 18.2. The van der Waals surface area contributed by atoms with Crippen molar-refractivity contribution in [1.82, 2.24) is 29.5 Å². The molecule has 5 rings (SSSR count). The van der Waals surface area contributed by atoms with Gasteiger partial charge >= 0.3 is 0 Å². The molecule has 26 heavy (non-hydrogen) atoms. The van der Waals surface area contributed by atoms with E-state index in [1.165, 1.54) is 25.7 Å². The molecule has 7 heteroatoms. The molecule has 3 aromatic rings. The fraction of sp³-hybridized carbons (Fsp3) is 0.474. The van der Waals surface area contributed by atoms with Crippen LogP contribution in [-0.4, -0.2) is 61.7 Å². The minimum atomic E-state index is 0.638. The maximum Gasteiger partial charge on any atom is 0.254 e. The summed E-state index contributed by atoms with van der Waals surface area (Å²) in [7, 11) is 0. The quantitative estimate of drug-likeness (QED) is 0.723. The van der Waals surface area contributed by atoms with Gasteiger partial charge in [-0.1, -0.05) is 12.8 Å². The zero-order valence-electron chi connectivity index (χ0n) is 14.8. The predicted octanol–water partition coefficient (Wildman–Crippen LogP) is 2.25. The zero-order chi connectivity index (χ0) is 17.3. The van der Waals surface area contributed by atoms with Gasteiger partial charge in [-0.3, -0.25) is 9.88 Å². The summed E-state index contributed by atoms with van der Waals surface area (Å²) >= 11 is 0. The van der Waals surface area contributed by atoms with Crippen LogP contribution < -0.4 is 4.90 Å². The predicted molar refractivity (Wildman–Crippen MR) is 100 cm³/mol. The van der Waals surface area contributed by atoms with Crippen LogP contribution in [0.25, 0.3) is 17.0 Å². The minimum Gasteiger partial charge on any atom is -0.337 e. The fourth-order valence-electron chi connectivity index (χ4n) is 4.21. The highest BCUT2D eigenvalue weighted by Gasteiger charge is 2.27. The first-order valence-corrected chi connectivity index (χ1v) is 9.50. The Bertz CT molecular complexity index is 877. The topological polar surface area (TPSA) is 62.5 Å². The van der Waals surface area contributed by atoms with Gasteiger partial charge in [0.05, 0.1) is 5.69 Å². The van der Waals surface area contributed by atoms with E-state index in [9.17, 15) is 0 Å². The number of nitrogens with zero attached hydrogens (tertiary/aromatic N) is 7. The van der Waals surface area contributed by atoms with Crippen molar-refractivity contribution in [2.45, 2.75) is 31.7 Å². The molecule has 1 saturated carbocycles. The molecule has 0 aromatic carbocycles. The molecule has 0 unspecified atom stereocenters. The molecule has 0 atom stereocenters. The van der Waals surface area contributed by atoms with Gasteiger partial charge in [0.15, 0.2) is 0 Å². The number of pyridine rings is 1. The molecule has 1 saturated heterocycles. The number of hydrogen-bond acceptors (Lipinski definition) is 6. The molecule has 1 aliphatic carbocycles. The summed E-state index contributed by atoms with van der Waals surface area (Å²) < 4.78 is 1.83. The second-order valence-corrected chi connectivity index (χ2v) is 7.16. The van der Waals surface area contributed by atoms with E-state index in [1.807, 2.05) is 28.9 Å². The van der Waals surface area contributed by atoms with Crippen LogP contribution in [0.2, 0.25) is 0 Å². The highest BCUT2D eigenvalue weighted by atomic mass is 15.4. The van der Waals surface area contributed by atoms with Crippen molar-refractivity contribution in [3.8, 4) is 11.3 Å². The van der Waals surface area contributed by atoms with Crippen molar-refractivity contribution in [2.24, 2.45) is 0 Å². The molecule has 0 spiro atoms. The Kier molecular flexibility index (Phi) is 4.01.